The van der Waals surface area contributed by atoms with Crippen LogP contribution < -0.4 is 15.5 Å². The number of aromatic nitrogens is 2. The molecule has 1 saturated heterocycles. The van der Waals surface area contributed by atoms with Crippen LogP contribution in [0.4, 0.5) is 22.9 Å². The van der Waals surface area contributed by atoms with Crippen LogP contribution in [0.2, 0.25) is 0 Å². The van der Waals surface area contributed by atoms with E-state index in [1.807, 2.05) is 17.9 Å². The minimum Gasteiger partial charge on any atom is -0.356 e. The van der Waals surface area contributed by atoms with Gasteiger partial charge in [-0.05, 0) is 19.1 Å². The van der Waals surface area contributed by atoms with Crippen molar-refractivity contribution in [2.75, 3.05) is 36.5 Å². The number of ether oxygens (including phenoxy) is 1. The van der Waals surface area contributed by atoms with E-state index in [4.69, 9.17) is 4.74 Å². The summed E-state index contributed by atoms with van der Waals surface area (Å²) < 4.78 is 5.88. The molecular weight excluding hydrogens is 398 g/mol. The maximum atomic E-state index is 11.1. The standard InChI is InChI=1S/C21H21N7O3/c1-2-27(20-13-23-6-7-31-20)19-9-17-18(12-25-19)24-11-14(10-22)21(17)26-15-4-3-5-16(8-15)28(29)30/h3-5,8-9,11-12,20,23H,2,6-7,13H2,1H3,(H,24,26). The van der Waals surface area contributed by atoms with Crippen molar-refractivity contribution in [2.24, 2.45) is 0 Å². The van der Waals surface area contributed by atoms with E-state index in [1.54, 1.807) is 18.3 Å². The Morgan fingerprint density at radius 3 is 2.97 bits per heavy atom. The summed E-state index contributed by atoms with van der Waals surface area (Å²) in [5.41, 5.74) is 1.92. The van der Waals surface area contributed by atoms with Crippen molar-refractivity contribution in [3.8, 4) is 6.07 Å². The second kappa shape index (κ2) is 8.91. The van der Waals surface area contributed by atoms with E-state index >= 15 is 0 Å². The first-order chi connectivity index (χ1) is 15.1. The number of likely N-dealkylation sites (N-methyl/N-ethyl adjacent to an activating group) is 1. The van der Waals surface area contributed by atoms with Gasteiger partial charge in [0.15, 0.2) is 0 Å². The van der Waals surface area contributed by atoms with Crippen molar-refractivity contribution < 1.29 is 9.66 Å². The van der Waals surface area contributed by atoms with Gasteiger partial charge in [-0.3, -0.25) is 15.1 Å². The summed E-state index contributed by atoms with van der Waals surface area (Å²) in [6.07, 6.45) is 2.97. The van der Waals surface area contributed by atoms with Crippen LogP contribution in [0.15, 0.2) is 42.7 Å². The number of morpholine rings is 1. The number of nitro benzene ring substituents is 1. The second-order valence-corrected chi connectivity index (χ2v) is 6.97. The highest BCUT2D eigenvalue weighted by Gasteiger charge is 2.22. The van der Waals surface area contributed by atoms with Gasteiger partial charge in [0.05, 0.1) is 34.5 Å². The predicted molar refractivity (Wildman–Crippen MR) is 116 cm³/mol. The molecule has 2 N–H and O–H groups in total. The molecule has 158 valence electrons. The molecule has 0 bridgehead atoms. The van der Waals surface area contributed by atoms with Crippen LogP contribution in [0.3, 0.4) is 0 Å². The van der Waals surface area contributed by atoms with Crippen LogP contribution in [-0.4, -0.2) is 47.4 Å². The van der Waals surface area contributed by atoms with Crippen LogP contribution in [0.25, 0.3) is 10.9 Å². The number of rotatable bonds is 6. The highest BCUT2D eigenvalue weighted by atomic mass is 16.6. The Bertz CT molecular complexity index is 1160. The molecule has 4 rings (SSSR count). The van der Waals surface area contributed by atoms with E-state index in [0.717, 1.165) is 6.54 Å². The van der Waals surface area contributed by atoms with Gasteiger partial charge in [0.1, 0.15) is 18.1 Å². The average molecular weight is 419 g/mol. The fraction of sp³-hybridized carbons (Fsp3) is 0.286. The summed E-state index contributed by atoms with van der Waals surface area (Å²) in [4.78, 5) is 21.6. The van der Waals surface area contributed by atoms with Crippen molar-refractivity contribution >= 4 is 33.8 Å². The normalized spacial score (nSPS) is 15.9. The Labute approximate surface area is 178 Å². The zero-order chi connectivity index (χ0) is 21.8. The maximum absolute atomic E-state index is 11.1. The number of nitrogens with one attached hydrogen (secondary N) is 2. The van der Waals surface area contributed by atoms with E-state index in [2.05, 4.69) is 26.7 Å². The van der Waals surface area contributed by atoms with Crippen LogP contribution in [0.1, 0.15) is 12.5 Å². The molecule has 0 radical (unpaired) electrons. The zero-order valence-corrected chi connectivity index (χ0v) is 16.9. The fourth-order valence-electron chi connectivity index (χ4n) is 3.57. The molecule has 0 spiro atoms. The average Bonchev–Trinajstić information content (AvgIpc) is 2.81. The molecule has 1 fully saturated rings. The molecule has 1 aromatic carbocycles. The SMILES string of the molecule is CCN(c1cc2c(Nc3cccc([N+](=O)[O-])c3)c(C#N)cnc2cn1)C1CNCCO1. The van der Waals surface area contributed by atoms with E-state index in [9.17, 15) is 15.4 Å². The minimum atomic E-state index is -0.458. The van der Waals surface area contributed by atoms with Gasteiger partial charge < -0.3 is 20.3 Å². The first-order valence-corrected chi connectivity index (χ1v) is 9.90. The highest BCUT2D eigenvalue weighted by Crippen LogP contribution is 2.32. The number of fused-ring (bicyclic) bond motifs is 1. The second-order valence-electron chi connectivity index (χ2n) is 6.97. The molecule has 1 aliphatic rings. The number of benzene rings is 1. The number of hydrogen-bond acceptors (Lipinski definition) is 9. The van der Waals surface area contributed by atoms with Gasteiger partial charge in [0, 0.05) is 49.0 Å². The van der Waals surface area contributed by atoms with Crippen molar-refractivity contribution in [2.45, 2.75) is 13.2 Å². The molecule has 2 aromatic heterocycles. The monoisotopic (exact) mass is 419 g/mol. The maximum Gasteiger partial charge on any atom is 0.271 e. The fourth-order valence-corrected chi connectivity index (χ4v) is 3.57. The lowest BCUT2D eigenvalue weighted by Crippen LogP contribution is -2.49. The van der Waals surface area contributed by atoms with E-state index in [-0.39, 0.29) is 11.9 Å². The van der Waals surface area contributed by atoms with E-state index in [1.165, 1.54) is 18.3 Å². The number of non-ortho nitro benzene ring substituents is 1. The van der Waals surface area contributed by atoms with Crippen LogP contribution in [-0.2, 0) is 4.74 Å². The third-order valence-electron chi connectivity index (χ3n) is 5.08. The number of hydrogen-bond donors (Lipinski definition) is 2. The van der Waals surface area contributed by atoms with Crippen molar-refractivity contribution in [1.82, 2.24) is 15.3 Å². The van der Waals surface area contributed by atoms with E-state index in [0.29, 0.717) is 53.4 Å². The van der Waals surface area contributed by atoms with Gasteiger partial charge in [-0.15, -0.1) is 0 Å². The molecule has 31 heavy (non-hydrogen) atoms. The third kappa shape index (κ3) is 4.23. The number of pyridine rings is 2. The Morgan fingerprint density at radius 1 is 1.39 bits per heavy atom. The van der Waals surface area contributed by atoms with Crippen LogP contribution in [0.5, 0.6) is 0 Å². The Kier molecular flexibility index (Phi) is 5.88. The summed E-state index contributed by atoms with van der Waals surface area (Å²) in [5.74, 6) is 0.697. The molecule has 1 aliphatic heterocycles. The number of nitrogens with zero attached hydrogens (tertiary/aromatic N) is 5. The lowest BCUT2D eigenvalue weighted by Gasteiger charge is -2.34. The minimum absolute atomic E-state index is 0.0386. The van der Waals surface area contributed by atoms with Gasteiger partial charge in [-0.1, -0.05) is 6.07 Å². The van der Waals surface area contributed by atoms with Gasteiger partial charge in [0.2, 0.25) is 0 Å². The molecule has 1 unspecified atom stereocenters. The lowest BCUT2D eigenvalue weighted by atomic mass is 10.1. The van der Waals surface area contributed by atoms with Gasteiger partial charge >= 0.3 is 0 Å². The molecule has 0 amide bonds. The largest absolute Gasteiger partial charge is 0.356 e. The number of nitro groups is 1. The van der Waals surface area contributed by atoms with E-state index < -0.39 is 4.92 Å². The molecule has 3 aromatic rings. The molecule has 0 saturated carbocycles. The highest BCUT2D eigenvalue weighted by molar-refractivity contribution is 5.96. The van der Waals surface area contributed by atoms with Crippen LogP contribution >= 0.6 is 0 Å². The summed E-state index contributed by atoms with van der Waals surface area (Å²) in [7, 11) is 0. The molecule has 1 atom stereocenters. The Balaban J connectivity index is 1.78. The van der Waals surface area contributed by atoms with Crippen molar-refractivity contribution in [1.29, 1.82) is 5.26 Å². The van der Waals surface area contributed by atoms with Gasteiger partial charge in [-0.25, -0.2) is 4.98 Å². The van der Waals surface area contributed by atoms with Gasteiger partial charge in [0.25, 0.3) is 5.69 Å². The topological polar surface area (TPSA) is 129 Å². The first-order valence-electron chi connectivity index (χ1n) is 9.90. The molecule has 3 heterocycles. The molecule has 10 heteroatoms. The molecular formula is C21H21N7O3. The summed E-state index contributed by atoms with van der Waals surface area (Å²) in [6.45, 7) is 4.82. The first kappa shape index (κ1) is 20.5. The third-order valence-corrected chi connectivity index (χ3v) is 5.08. The lowest BCUT2D eigenvalue weighted by molar-refractivity contribution is -0.384. The predicted octanol–water partition coefficient (Wildman–Crippen LogP) is 2.93. The van der Waals surface area contributed by atoms with Crippen molar-refractivity contribution in [3.05, 3.63) is 58.4 Å². The summed E-state index contributed by atoms with van der Waals surface area (Å²) in [5, 5.41) is 27.9. The number of anilines is 3. The summed E-state index contributed by atoms with van der Waals surface area (Å²) >= 11 is 0. The molecule has 10 nitrogen and oxygen atoms in total. The molecule has 0 aliphatic carbocycles. The van der Waals surface area contributed by atoms with Crippen molar-refractivity contribution in [3.63, 3.8) is 0 Å². The van der Waals surface area contributed by atoms with Gasteiger partial charge in [-0.2, -0.15) is 5.26 Å². The summed E-state index contributed by atoms with van der Waals surface area (Å²) in [6, 6.07) is 10.2. The quantitative estimate of drug-likeness (QED) is 0.457. The Morgan fingerprint density at radius 2 is 2.26 bits per heavy atom. The zero-order valence-electron chi connectivity index (χ0n) is 16.9. The smallest absolute Gasteiger partial charge is 0.271 e. The number of nitriles is 1. The van der Waals surface area contributed by atoms with Crippen LogP contribution in [0, 0.1) is 21.4 Å². The Hall–Kier alpha value is -3.81.